The minimum Gasteiger partial charge on any atom is -0.493 e. The molecule has 2 saturated heterocycles. The second kappa shape index (κ2) is 6.54. The molecule has 2 fully saturated rings. The van der Waals surface area contributed by atoms with Gasteiger partial charge in [0, 0.05) is 30.4 Å². The summed E-state index contributed by atoms with van der Waals surface area (Å²) < 4.78 is 10.7. The van der Waals surface area contributed by atoms with E-state index in [1.165, 1.54) is 0 Å². The molecule has 1 aromatic rings. The van der Waals surface area contributed by atoms with Crippen LogP contribution in [0.3, 0.4) is 0 Å². The van der Waals surface area contributed by atoms with Crippen LogP contribution in [0.1, 0.15) is 18.4 Å². The van der Waals surface area contributed by atoms with E-state index in [0.29, 0.717) is 16.4 Å². The molecular formula is C16H18N2O4S. The molecule has 23 heavy (non-hydrogen) atoms. The largest absolute Gasteiger partial charge is 0.493 e. The Morgan fingerprint density at radius 1 is 1.13 bits per heavy atom. The van der Waals surface area contributed by atoms with Gasteiger partial charge in [0.2, 0.25) is 0 Å². The Bertz CT molecular complexity index is 681. The van der Waals surface area contributed by atoms with E-state index in [4.69, 9.17) is 9.47 Å². The molecule has 0 aliphatic carbocycles. The van der Waals surface area contributed by atoms with Crippen molar-refractivity contribution >= 4 is 34.7 Å². The molecular weight excluding hydrogens is 316 g/mol. The number of imide groups is 1. The van der Waals surface area contributed by atoms with Gasteiger partial charge in [-0.05, 0) is 36.7 Å². The summed E-state index contributed by atoms with van der Waals surface area (Å²) in [5.41, 5.74) is 1.83. The molecule has 0 radical (unpaired) electrons. The number of nitrogens with one attached hydrogen (secondary N) is 1. The SMILES string of the molecule is COc1cc(/C=C2\SC(=O)NC2=O)c(N2CCCC2)cc1OC. The molecule has 2 heterocycles. The molecule has 0 bridgehead atoms. The van der Waals surface area contributed by atoms with E-state index in [-0.39, 0.29) is 11.1 Å². The van der Waals surface area contributed by atoms with Gasteiger partial charge in [-0.1, -0.05) is 0 Å². The summed E-state index contributed by atoms with van der Waals surface area (Å²) in [6.45, 7) is 1.92. The number of anilines is 1. The zero-order valence-corrected chi connectivity index (χ0v) is 13.9. The van der Waals surface area contributed by atoms with Gasteiger partial charge < -0.3 is 14.4 Å². The number of rotatable bonds is 4. The standard InChI is InChI=1S/C16H18N2O4S/c1-21-12-7-10(8-14-15(19)17-16(20)23-14)11(9-13(12)22-2)18-5-3-4-6-18/h7-9H,3-6H2,1-2H3,(H,17,19,20)/b14-8-. The highest BCUT2D eigenvalue weighted by atomic mass is 32.2. The van der Waals surface area contributed by atoms with E-state index < -0.39 is 0 Å². The number of amides is 2. The minimum absolute atomic E-state index is 0.343. The van der Waals surface area contributed by atoms with Crippen molar-refractivity contribution in [1.82, 2.24) is 5.32 Å². The van der Waals surface area contributed by atoms with Crippen LogP contribution in [0.5, 0.6) is 11.5 Å². The first-order chi connectivity index (χ1) is 11.1. The highest BCUT2D eigenvalue weighted by molar-refractivity contribution is 8.18. The number of ether oxygens (including phenoxy) is 2. The van der Waals surface area contributed by atoms with Crippen molar-refractivity contribution in [3.05, 3.63) is 22.6 Å². The summed E-state index contributed by atoms with van der Waals surface area (Å²) >= 11 is 0.914. The molecule has 0 spiro atoms. The quantitative estimate of drug-likeness (QED) is 0.854. The third kappa shape index (κ3) is 3.14. The van der Waals surface area contributed by atoms with Gasteiger partial charge >= 0.3 is 0 Å². The summed E-state index contributed by atoms with van der Waals surface area (Å²) in [6.07, 6.45) is 4.01. The fourth-order valence-corrected chi connectivity index (χ4v) is 3.47. The molecule has 6 nitrogen and oxygen atoms in total. The van der Waals surface area contributed by atoms with Crippen LogP contribution in [0.25, 0.3) is 6.08 Å². The van der Waals surface area contributed by atoms with Gasteiger partial charge in [-0.15, -0.1) is 0 Å². The molecule has 3 rings (SSSR count). The van der Waals surface area contributed by atoms with E-state index in [2.05, 4.69) is 10.2 Å². The Morgan fingerprint density at radius 2 is 1.78 bits per heavy atom. The van der Waals surface area contributed by atoms with Crippen molar-refractivity contribution in [2.24, 2.45) is 0 Å². The smallest absolute Gasteiger partial charge is 0.290 e. The lowest BCUT2D eigenvalue weighted by atomic mass is 10.1. The monoisotopic (exact) mass is 334 g/mol. The first kappa shape index (κ1) is 15.7. The fraction of sp³-hybridized carbons (Fsp3) is 0.375. The number of benzene rings is 1. The third-order valence-electron chi connectivity index (χ3n) is 3.91. The molecule has 0 saturated carbocycles. The van der Waals surface area contributed by atoms with Crippen LogP contribution in [0.2, 0.25) is 0 Å². The molecule has 2 aliphatic rings. The van der Waals surface area contributed by atoms with Crippen molar-refractivity contribution in [3.63, 3.8) is 0 Å². The van der Waals surface area contributed by atoms with Crippen molar-refractivity contribution in [2.45, 2.75) is 12.8 Å². The number of nitrogens with zero attached hydrogens (tertiary/aromatic N) is 1. The maximum absolute atomic E-state index is 11.8. The van der Waals surface area contributed by atoms with Crippen LogP contribution in [0.4, 0.5) is 10.5 Å². The van der Waals surface area contributed by atoms with Gasteiger partial charge in [-0.2, -0.15) is 0 Å². The second-order valence-corrected chi connectivity index (χ2v) is 6.33. The molecule has 1 aromatic carbocycles. The van der Waals surface area contributed by atoms with E-state index >= 15 is 0 Å². The number of thioether (sulfide) groups is 1. The van der Waals surface area contributed by atoms with Crippen LogP contribution in [0, 0.1) is 0 Å². The zero-order valence-electron chi connectivity index (χ0n) is 13.0. The lowest BCUT2D eigenvalue weighted by molar-refractivity contribution is -0.115. The summed E-state index contributed by atoms with van der Waals surface area (Å²) in [5, 5.41) is 1.93. The van der Waals surface area contributed by atoms with Crippen LogP contribution in [-0.2, 0) is 4.79 Å². The Morgan fingerprint density at radius 3 is 2.35 bits per heavy atom. The summed E-state index contributed by atoms with van der Waals surface area (Å²) in [4.78, 5) is 25.8. The molecule has 7 heteroatoms. The minimum atomic E-state index is -0.359. The fourth-order valence-electron chi connectivity index (χ4n) is 2.79. The first-order valence-corrected chi connectivity index (χ1v) is 8.20. The summed E-state index contributed by atoms with van der Waals surface area (Å²) in [6, 6.07) is 3.77. The maximum atomic E-state index is 11.8. The number of methoxy groups -OCH3 is 2. The van der Waals surface area contributed by atoms with Crippen molar-refractivity contribution in [1.29, 1.82) is 0 Å². The number of carbonyl (C=O) groups excluding carboxylic acids is 2. The van der Waals surface area contributed by atoms with Crippen LogP contribution < -0.4 is 19.7 Å². The van der Waals surface area contributed by atoms with Crippen LogP contribution >= 0.6 is 11.8 Å². The highest BCUT2D eigenvalue weighted by Gasteiger charge is 2.26. The first-order valence-electron chi connectivity index (χ1n) is 7.38. The van der Waals surface area contributed by atoms with Gasteiger partial charge in [-0.25, -0.2) is 0 Å². The molecule has 0 atom stereocenters. The normalized spacial score (nSPS) is 19.4. The average molecular weight is 334 g/mol. The predicted molar refractivity (Wildman–Crippen MR) is 90.1 cm³/mol. The average Bonchev–Trinajstić information content (AvgIpc) is 3.17. The van der Waals surface area contributed by atoms with Gasteiger partial charge in [0.05, 0.1) is 19.1 Å². The highest BCUT2D eigenvalue weighted by Crippen LogP contribution is 2.38. The van der Waals surface area contributed by atoms with Crippen molar-refractivity contribution in [3.8, 4) is 11.5 Å². The summed E-state index contributed by atoms with van der Waals surface area (Å²) in [5.74, 6) is 0.885. The number of hydrogen-bond acceptors (Lipinski definition) is 6. The molecule has 2 amide bonds. The van der Waals surface area contributed by atoms with E-state index in [1.54, 1.807) is 20.3 Å². The molecule has 2 aliphatic heterocycles. The van der Waals surface area contributed by atoms with Gasteiger partial charge in [0.15, 0.2) is 11.5 Å². The molecule has 0 aromatic heterocycles. The van der Waals surface area contributed by atoms with E-state index in [0.717, 1.165) is 48.9 Å². The number of carbonyl (C=O) groups is 2. The van der Waals surface area contributed by atoms with Crippen LogP contribution in [0.15, 0.2) is 17.0 Å². The molecule has 1 N–H and O–H groups in total. The Balaban J connectivity index is 2.07. The zero-order chi connectivity index (χ0) is 16.4. The van der Waals surface area contributed by atoms with Gasteiger partial charge in [0.1, 0.15) is 0 Å². The van der Waals surface area contributed by atoms with Crippen LogP contribution in [-0.4, -0.2) is 38.5 Å². The van der Waals surface area contributed by atoms with E-state index in [9.17, 15) is 9.59 Å². The topological polar surface area (TPSA) is 67.9 Å². The number of hydrogen-bond donors (Lipinski definition) is 1. The Kier molecular flexibility index (Phi) is 4.47. The maximum Gasteiger partial charge on any atom is 0.290 e. The summed E-state index contributed by atoms with van der Waals surface area (Å²) in [7, 11) is 3.17. The Hall–Kier alpha value is -2.15. The predicted octanol–water partition coefficient (Wildman–Crippen LogP) is 2.63. The Labute approximate surface area is 138 Å². The second-order valence-electron chi connectivity index (χ2n) is 5.31. The van der Waals surface area contributed by atoms with Crippen molar-refractivity contribution in [2.75, 3.05) is 32.2 Å². The third-order valence-corrected chi connectivity index (χ3v) is 4.72. The lowest BCUT2D eigenvalue weighted by Crippen LogP contribution is -2.19. The van der Waals surface area contributed by atoms with Gasteiger partial charge in [-0.3, -0.25) is 14.9 Å². The lowest BCUT2D eigenvalue weighted by Gasteiger charge is -2.22. The van der Waals surface area contributed by atoms with E-state index in [1.807, 2.05) is 12.1 Å². The van der Waals surface area contributed by atoms with Crippen molar-refractivity contribution < 1.29 is 19.1 Å². The molecule has 122 valence electrons. The molecule has 0 unspecified atom stereocenters. The van der Waals surface area contributed by atoms with Gasteiger partial charge in [0.25, 0.3) is 11.1 Å².